The van der Waals surface area contributed by atoms with Gasteiger partial charge in [0.05, 0.1) is 10.6 Å². The van der Waals surface area contributed by atoms with Crippen LogP contribution in [0.25, 0.3) is 0 Å². The van der Waals surface area contributed by atoms with E-state index in [0.717, 1.165) is 11.3 Å². The molecule has 2 aliphatic heterocycles. The normalized spacial score (nSPS) is 20.7. The van der Waals surface area contributed by atoms with Crippen molar-refractivity contribution < 1.29 is 9.18 Å². The zero-order chi connectivity index (χ0) is 19.0. The number of thioether (sulfide) groups is 1. The summed E-state index contributed by atoms with van der Waals surface area (Å²) in [5.74, 6) is -0.0881. The first-order valence-corrected chi connectivity index (χ1v) is 9.67. The van der Waals surface area contributed by atoms with E-state index < -0.39 is 18.0 Å². The summed E-state index contributed by atoms with van der Waals surface area (Å²) in [6.07, 6.45) is 1.00. The first kappa shape index (κ1) is 17.9. The van der Waals surface area contributed by atoms with E-state index in [1.165, 1.54) is 17.8 Å². The van der Waals surface area contributed by atoms with Crippen molar-refractivity contribution in [1.82, 2.24) is 10.3 Å². The van der Waals surface area contributed by atoms with E-state index in [9.17, 15) is 9.18 Å². The van der Waals surface area contributed by atoms with E-state index in [1.54, 1.807) is 23.2 Å². The third-order valence-electron chi connectivity index (χ3n) is 4.37. The van der Waals surface area contributed by atoms with Crippen LogP contribution in [0.15, 0.2) is 60.2 Å². The lowest BCUT2D eigenvalue weighted by molar-refractivity contribution is -0.127. The molecule has 0 aliphatic carbocycles. The maximum Gasteiger partial charge on any atom is 0.255 e. The van der Waals surface area contributed by atoms with Crippen LogP contribution in [0.5, 0.6) is 0 Å². The summed E-state index contributed by atoms with van der Waals surface area (Å²) in [5.41, 5.74) is 1.77. The van der Waals surface area contributed by atoms with Gasteiger partial charge in [-0.2, -0.15) is 0 Å². The molecule has 2 N–H and O–H groups in total. The molecule has 2 atom stereocenters. The Morgan fingerprint density at radius 1 is 1.30 bits per heavy atom. The van der Waals surface area contributed by atoms with Gasteiger partial charge in [-0.25, -0.2) is 4.39 Å². The van der Waals surface area contributed by atoms with Gasteiger partial charge < -0.3 is 10.6 Å². The van der Waals surface area contributed by atoms with Gasteiger partial charge in [0.2, 0.25) is 0 Å². The lowest BCUT2D eigenvalue weighted by Crippen LogP contribution is -2.51. The van der Waals surface area contributed by atoms with E-state index in [-0.39, 0.29) is 16.5 Å². The number of benzene rings is 2. The van der Waals surface area contributed by atoms with Gasteiger partial charge >= 0.3 is 0 Å². The van der Waals surface area contributed by atoms with Crippen molar-refractivity contribution in [1.29, 1.82) is 0 Å². The van der Waals surface area contributed by atoms with Crippen LogP contribution in [0.1, 0.15) is 23.3 Å². The Morgan fingerprint density at radius 3 is 2.89 bits per heavy atom. The number of amidine groups is 1. The summed E-state index contributed by atoms with van der Waals surface area (Å²) in [7, 11) is 0. The van der Waals surface area contributed by atoms with Crippen LogP contribution in [0, 0.1) is 5.82 Å². The minimum absolute atomic E-state index is 0.219. The van der Waals surface area contributed by atoms with Gasteiger partial charge in [0.15, 0.2) is 11.2 Å². The average Bonchev–Trinajstić information content (AvgIpc) is 2.66. The fourth-order valence-corrected chi connectivity index (χ4v) is 4.10. The SMILES string of the molecule is C=CCSC1=NN2[C@@H](c3c(F)cccc3Cl)Nc3ccccc3[C@H]2C(=O)N1. The van der Waals surface area contributed by atoms with Gasteiger partial charge in [0.1, 0.15) is 12.0 Å². The van der Waals surface area contributed by atoms with Crippen molar-refractivity contribution in [2.45, 2.75) is 12.2 Å². The maximum absolute atomic E-state index is 14.6. The lowest BCUT2D eigenvalue weighted by atomic mass is 9.97. The zero-order valence-corrected chi connectivity index (χ0v) is 15.7. The van der Waals surface area contributed by atoms with Crippen LogP contribution in [-0.2, 0) is 4.79 Å². The molecular formula is C19H16ClFN4OS. The lowest BCUT2D eigenvalue weighted by Gasteiger charge is -2.43. The number of amides is 1. The van der Waals surface area contributed by atoms with Gasteiger partial charge in [-0.05, 0) is 18.2 Å². The van der Waals surface area contributed by atoms with Crippen LogP contribution >= 0.6 is 23.4 Å². The zero-order valence-electron chi connectivity index (χ0n) is 14.2. The van der Waals surface area contributed by atoms with Gasteiger partial charge in [-0.1, -0.05) is 53.7 Å². The fraction of sp³-hybridized carbons (Fsp3) is 0.158. The first-order valence-electron chi connectivity index (χ1n) is 8.31. The standard InChI is InChI=1S/C19H16ClFN4OS/c1-2-10-27-19-23-18(26)16-11-6-3-4-9-14(11)22-17(25(16)24-19)15-12(20)7-5-8-13(15)21/h2-9,16-17,22H,1,10H2,(H,23,24,26)/t16-,17-/m0/s1. The molecule has 2 heterocycles. The molecule has 0 spiro atoms. The predicted octanol–water partition coefficient (Wildman–Crippen LogP) is 4.27. The van der Waals surface area contributed by atoms with Crippen molar-refractivity contribution in [2.24, 2.45) is 5.10 Å². The number of rotatable bonds is 3. The number of anilines is 1. The van der Waals surface area contributed by atoms with Gasteiger partial charge in [-0.3, -0.25) is 9.80 Å². The van der Waals surface area contributed by atoms with Crippen molar-refractivity contribution in [3.8, 4) is 0 Å². The minimum Gasteiger partial charge on any atom is -0.360 e. The first-order chi connectivity index (χ1) is 13.1. The molecular weight excluding hydrogens is 387 g/mol. The number of hydrazone groups is 1. The summed E-state index contributed by atoms with van der Waals surface area (Å²) in [4.78, 5) is 12.9. The fourth-order valence-electron chi connectivity index (χ4n) is 3.23. The molecule has 2 aliphatic rings. The molecule has 0 bridgehead atoms. The number of para-hydroxylation sites is 1. The highest BCUT2D eigenvalue weighted by Gasteiger charge is 2.43. The Bertz CT molecular complexity index is 931. The van der Waals surface area contributed by atoms with Crippen LogP contribution < -0.4 is 10.6 Å². The molecule has 0 fully saturated rings. The molecule has 1 amide bonds. The summed E-state index contributed by atoms with van der Waals surface area (Å²) in [5, 5.41) is 13.0. The topological polar surface area (TPSA) is 56.7 Å². The summed E-state index contributed by atoms with van der Waals surface area (Å²) < 4.78 is 14.6. The molecule has 27 heavy (non-hydrogen) atoms. The number of carbonyl (C=O) groups excluding carboxylic acids is 1. The summed E-state index contributed by atoms with van der Waals surface area (Å²) in [6.45, 7) is 3.68. The monoisotopic (exact) mass is 402 g/mol. The minimum atomic E-state index is -0.719. The molecule has 0 saturated carbocycles. The second-order valence-electron chi connectivity index (χ2n) is 6.05. The molecule has 5 nitrogen and oxygen atoms in total. The summed E-state index contributed by atoms with van der Waals surface area (Å²) >= 11 is 7.65. The van der Waals surface area contributed by atoms with Crippen molar-refractivity contribution >= 4 is 40.1 Å². The van der Waals surface area contributed by atoms with Crippen LogP contribution in [0.3, 0.4) is 0 Å². The highest BCUT2D eigenvalue weighted by Crippen LogP contribution is 2.44. The number of hydrogen-bond donors (Lipinski definition) is 2. The molecule has 0 unspecified atom stereocenters. The molecule has 0 radical (unpaired) electrons. The second kappa shape index (κ2) is 7.25. The quantitative estimate of drug-likeness (QED) is 0.753. The summed E-state index contributed by atoms with van der Waals surface area (Å²) in [6, 6.07) is 11.3. The van der Waals surface area contributed by atoms with E-state index in [2.05, 4.69) is 22.3 Å². The number of fused-ring (bicyclic) bond motifs is 3. The third kappa shape index (κ3) is 3.17. The Kier molecular flexibility index (Phi) is 4.80. The Labute approximate surface area is 165 Å². The number of carbonyl (C=O) groups is 1. The highest BCUT2D eigenvalue weighted by atomic mass is 35.5. The average molecular weight is 403 g/mol. The van der Waals surface area contributed by atoms with Gasteiger partial charge in [0.25, 0.3) is 5.91 Å². The van der Waals surface area contributed by atoms with E-state index in [0.29, 0.717) is 10.9 Å². The smallest absolute Gasteiger partial charge is 0.255 e. The number of hydrogen-bond acceptors (Lipinski definition) is 5. The molecule has 0 saturated heterocycles. The molecule has 138 valence electrons. The number of nitrogens with zero attached hydrogens (tertiary/aromatic N) is 2. The van der Waals surface area contributed by atoms with Crippen LogP contribution in [-0.4, -0.2) is 21.8 Å². The highest BCUT2D eigenvalue weighted by molar-refractivity contribution is 8.14. The Hall–Kier alpha value is -2.51. The molecule has 2 aromatic rings. The second-order valence-corrected chi connectivity index (χ2v) is 7.46. The van der Waals surface area contributed by atoms with Crippen LogP contribution in [0.4, 0.5) is 10.1 Å². The maximum atomic E-state index is 14.6. The number of nitrogens with one attached hydrogen (secondary N) is 2. The van der Waals surface area contributed by atoms with Crippen molar-refractivity contribution in [3.05, 3.63) is 77.1 Å². The third-order valence-corrected chi connectivity index (χ3v) is 5.56. The predicted molar refractivity (Wildman–Crippen MR) is 107 cm³/mol. The molecule has 8 heteroatoms. The molecule has 4 rings (SSSR count). The Morgan fingerprint density at radius 2 is 2.11 bits per heavy atom. The van der Waals surface area contributed by atoms with Crippen LogP contribution in [0.2, 0.25) is 5.02 Å². The van der Waals surface area contributed by atoms with E-state index in [1.807, 2.05) is 24.3 Å². The Balaban J connectivity index is 1.86. The number of halogens is 2. The van der Waals surface area contributed by atoms with E-state index >= 15 is 0 Å². The molecule has 2 aromatic carbocycles. The van der Waals surface area contributed by atoms with Crippen molar-refractivity contribution in [2.75, 3.05) is 11.1 Å². The van der Waals surface area contributed by atoms with Crippen molar-refractivity contribution in [3.63, 3.8) is 0 Å². The molecule has 0 aromatic heterocycles. The van der Waals surface area contributed by atoms with Gasteiger partial charge in [-0.15, -0.1) is 11.7 Å². The van der Waals surface area contributed by atoms with E-state index in [4.69, 9.17) is 11.6 Å². The largest absolute Gasteiger partial charge is 0.360 e. The van der Waals surface area contributed by atoms with Gasteiger partial charge in [0, 0.05) is 17.0 Å².